The van der Waals surface area contributed by atoms with Gasteiger partial charge in [-0.05, 0) is 86.5 Å². The first-order valence-corrected chi connectivity index (χ1v) is 19.3. The number of hydrogen-bond acceptors (Lipinski definition) is 15. The van der Waals surface area contributed by atoms with E-state index >= 15 is 0 Å². The number of nitrogens with zero attached hydrogens (tertiary/aromatic N) is 2. The quantitative estimate of drug-likeness (QED) is 0.0479. The van der Waals surface area contributed by atoms with Crippen molar-refractivity contribution < 1.29 is 147 Å². The van der Waals surface area contributed by atoms with Crippen LogP contribution in [0.1, 0.15) is 10.4 Å². The van der Waals surface area contributed by atoms with Gasteiger partial charge in [0.25, 0.3) is 17.7 Å². The number of halogens is 2. The Hall–Kier alpha value is -1.88. The number of phenolic OH excluding ortho intramolecular Hbond substituents is 1. The molecule has 4 aromatic carbocycles. The summed E-state index contributed by atoms with van der Waals surface area (Å²) in [5.74, 6) is -3.76. The van der Waals surface area contributed by atoms with Crippen molar-refractivity contribution in [1.29, 1.82) is 0 Å². The Morgan fingerprint density at radius 2 is 1.16 bits per heavy atom. The molecule has 4 rings (SSSR count). The van der Waals surface area contributed by atoms with Crippen LogP contribution in [-0.4, -0.2) is 61.7 Å². The van der Waals surface area contributed by atoms with Gasteiger partial charge in [0, 0.05) is 22.3 Å². The number of carbonyl (C=O) groups excluding carboxylic acids is 3. The Kier molecular flexibility index (Phi) is 18.8. The summed E-state index contributed by atoms with van der Waals surface area (Å²) in [6, 6.07) is 9.69. The molecule has 3 amide bonds. The maximum absolute atomic E-state index is 13.3. The zero-order valence-electron chi connectivity index (χ0n) is 28.4. The predicted octanol–water partition coefficient (Wildman–Crippen LogP) is -4.37. The van der Waals surface area contributed by atoms with E-state index in [1.54, 1.807) is 0 Å². The fraction of sp³-hybridized carbons (Fsp3) is 0. The molecule has 4 aromatic rings. The van der Waals surface area contributed by atoms with Gasteiger partial charge in [-0.3, -0.25) is 14.4 Å². The third-order valence-corrected chi connectivity index (χ3v) is 9.93. The molecule has 0 atom stereocenters. The van der Waals surface area contributed by atoms with Crippen molar-refractivity contribution in [3.8, 4) is 5.75 Å². The topological polar surface area (TPSA) is 304 Å². The second-order valence-electron chi connectivity index (χ2n) is 10.1. The van der Waals surface area contributed by atoms with E-state index in [1.165, 1.54) is 24.3 Å². The summed E-state index contributed by atoms with van der Waals surface area (Å²) in [7, 11) is -16.5. The minimum absolute atomic E-state index is 0. The van der Waals surface area contributed by atoms with Gasteiger partial charge in [-0.2, -0.15) is 0 Å². The fourth-order valence-corrected chi connectivity index (χ4v) is 6.45. The van der Waals surface area contributed by atoms with Crippen LogP contribution in [0.5, 0.6) is 5.75 Å². The molecule has 0 aliphatic carbocycles. The SMILES string of the molecule is C=C(Br)C(=O)Nc1cccc(C(=O)Nc2ccc(S(=O)(=O)[O-])c3cc(S(=O)(=O)[O-])c(N=Nc4cc(NC(=O)C(=C)Br)ccc4S(=O)(=O)[O-])c(O)c23)c1.[Na+].[Na+].[Na+]. The number of carbonyl (C=O) groups is 3. The molecule has 55 heavy (non-hydrogen) atoms. The van der Waals surface area contributed by atoms with Crippen LogP contribution in [-0.2, 0) is 39.9 Å². The van der Waals surface area contributed by atoms with Crippen molar-refractivity contribution in [1.82, 2.24) is 0 Å². The molecule has 18 nitrogen and oxygen atoms in total. The number of anilines is 3. The minimum atomic E-state index is -5.73. The molecule has 0 aromatic heterocycles. The molecule has 0 aliphatic rings. The molecule has 4 N–H and O–H groups in total. The van der Waals surface area contributed by atoms with Crippen LogP contribution in [0.25, 0.3) is 10.8 Å². The summed E-state index contributed by atoms with van der Waals surface area (Å²) >= 11 is 5.74. The molecular formula is C29H18Br2N5Na3O13S3. The van der Waals surface area contributed by atoms with E-state index in [1.807, 2.05) is 0 Å². The van der Waals surface area contributed by atoms with E-state index < -0.39 is 96.3 Å². The number of nitrogens with one attached hydrogen (secondary N) is 3. The van der Waals surface area contributed by atoms with E-state index in [2.05, 4.69) is 71.2 Å². The number of amides is 3. The van der Waals surface area contributed by atoms with E-state index in [-0.39, 0.29) is 115 Å². The molecule has 26 heteroatoms. The molecule has 0 bridgehead atoms. The zero-order chi connectivity index (χ0) is 38.9. The van der Waals surface area contributed by atoms with Gasteiger partial charge in [-0.1, -0.05) is 19.2 Å². The third-order valence-electron chi connectivity index (χ3n) is 6.58. The standard InChI is InChI=1S/C29H21Br2N5O13S3.3Na/c1-13(30)27(38)32-16-5-3-4-15(10-16)29(40)34-19-7-9-21(50(41,42)43)18-12-23(52(47,48)49)25(26(37)24(18)19)36-35-20-11-17(33-28(39)14(2)31)6-8-22(20)51(44,45)46;;;/h3-12,37H,1-2H2,(H,32,38)(H,33,39)(H,34,40)(H,41,42,43)(H,44,45,46)(H,47,48,49);;;/q;3*+1/p-3. The summed E-state index contributed by atoms with van der Waals surface area (Å²) in [6.45, 7) is 6.78. The van der Waals surface area contributed by atoms with Crippen LogP contribution in [0.15, 0.2) is 108 Å². The van der Waals surface area contributed by atoms with Gasteiger partial charge in [-0.15, -0.1) is 10.2 Å². The average molecular weight is 969 g/mol. The van der Waals surface area contributed by atoms with E-state index in [9.17, 15) is 58.4 Å². The minimum Gasteiger partial charge on any atom is -0.744 e. The predicted molar refractivity (Wildman–Crippen MR) is 188 cm³/mol. The molecule has 0 radical (unpaired) electrons. The Morgan fingerprint density at radius 1 is 0.655 bits per heavy atom. The molecule has 272 valence electrons. The number of aromatic hydroxyl groups is 1. The van der Waals surface area contributed by atoms with Gasteiger partial charge < -0.3 is 34.7 Å². The Labute approximate surface area is 396 Å². The number of phenols is 1. The Bertz CT molecular complexity index is 2630. The van der Waals surface area contributed by atoms with Gasteiger partial charge in [0.1, 0.15) is 41.7 Å². The van der Waals surface area contributed by atoms with Gasteiger partial charge in [0.05, 0.1) is 34.7 Å². The number of rotatable bonds is 11. The zero-order valence-corrected chi connectivity index (χ0v) is 40.0. The smallest absolute Gasteiger partial charge is 0.744 e. The largest absolute Gasteiger partial charge is 1.00 e. The normalized spacial score (nSPS) is 11.4. The average Bonchev–Trinajstić information content (AvgIpc) is 3.02. The second-order valence-corrected chi connectivity index (χ2v) is 16.1. The summed E-state index contributed by atoms with van der Waals surface area (Å²) in [4.78, 5) is 33.7. The first-order valence-electron chi connectivity index (χ1n) is 13.5. The van der Waals surface area contributed by atoms with Crippen molar-refractivity contribution in [2.75, 3.05) is 16.0 Å². The van der Waals surface area contributed by atoms with Crippen LogP contribution >= 0.6 is 31.9 Å². The first kappa shape index (κ1) is 51.1. The van der Waals surface area contributed by atoms with E-state index in [0.29, 0.717) is 18.2 Å². The number of benzene rings is 4. The van der Waals surface area contributed by atoms with Crippen LogP contribution < -0.4 is 105 Å². The monoisotopic (exact) mass is 967 g/mol. The fourth-order valence-electron chi connectivity index (χ4n) is 4.36. The van der Waals surface area contributed by atoms with Crippen molar-refractivity contribution >= 4 is 119 Å². The van der Waals surface area contributed by atoms with Crippen LogP contribution in [0.4, 0.5) is 28.4 Å². The number of azo groups is 1. The van der Waals surface area contributed by atoms with Crippen molar-refractivity contribution in [2.45, 2.75) is 14.7 Å². The van der Waals surface area contributed by atoms with Crippen molar-refractivity contribution in [3.05, 3.63) is 88.3 Å². The van der Waals surface area contributed by atoms with E-state index in [4.69, 9.17) is 0 Å². The molecule has 0 fully saturated rings. The van der Waals surface area contributed by atoms with Crippen LogP contribution in [0, 0.1) is 0 Å². The van der Waals surface area contributed by atoms with Gasteiger partial charge >= 0.3 is 88.7 Å². The molecule has 0 saturated heterocycles. The van der Waals surface area contributed by atoms with Crippen molar-refractivity contribution in [3.63, 3.8) is 0 Å². The van der Waals surface area contributed by atoms with Gasteiger partial charge in [0.2, 0.25) is 0 Å². The molecule has 0 aliphatic heterocycles. The molecule has 0 spiro atoms. The molecule has 0 saturated carbocycles. The molecular weight excluding hydrogens is 951 g/mol. The Morgan fingerprint density at radius 3 is 1.67 bits per heavy atom. The third kappa shape index (κ3) is 12.8. The number of fused-ring (bicyclic) bond motifs is 1. The Balaban J connectivity index is 0.00000504. The van der Waals surface area contributed by atoms with E-state index in [0.717, 1.165) is 18.2 Å². The summed E-state index contributed by atoms with van der Waals surface area (Å²) in [5, 5.41) is 23.9. The summed E-state index contributed by atoms with van der Waals surface area (Å²) in [6.07, 6.45) is 0. The molecule has 0 unspecified atom stereocenters. The maximum Gasteiger partial charge on any atom is 1.00 e. The van der Waals surface area contributed by atoms with Crippen LogP contribution in [0.2, 0.25) is 0 Å². The second kappa shape index (κ2) is 20.2. The van der Waals surface area contributed by atoms with Gasteiger partial charge in [-0.25, -0.2) is 25.3 Å². The van der Waals surface area contributed by atoms with Crippen molar-refractivity contribution in [2.24, 2.45) is 10.2 Å². The summed E-state index contributed by atoms with van der Waals surface area (Å²) < 4.78 is 109. The maximum atomic E-state index is 13.3. The van der Waals surface area contributed by atoms with Crippen LogP contribution in [0.3, 0.4) is 0 Å². The molecule has 0 heterocycles. The van der Waals surface area contributed by atoms with Gasteiger partial charge in [0.15, 0.2) is 5.75 Å². The number of hydrogen-bond donors (Lipinski definition) is 4. The first-order chi connectivity index (χ1) is 24.0. The summed E-state index contributed by atoms with van der Waals surface area (Å²) in [5.41, 5.74) is -2.71.